The van der Waals surface area contributed by atoms with Gasteiger partial charge in [-0.2, -0.15) is 5.10 Å². The predicted octanol–water partition coefficient (Wildman–Crippen LogP) is 1.90. The number of aliphatic imine (C=N–C) groups is 1. The summed E-state index contributed by atoms with van der Waals surface area (Å²) in [4.78, 5) is 24.3. The number of halogens is 1. The Morgan fingerprint density at radius 3 is 2.97 bits per heavy atom. The lowest BCUT2D eigenvalue weighted by molar-refractivity contribution is -0.120. The van der Waals surface area contributed by atoms with Crippen LogP contribution in [0.25, 0.3) is 10.9 Å². The highest BCUT2D eigenvalue weighted by atomic mass is 19.1. The average Bonchev–Trinajstić information content (AvgIpc) is 3.33. The minimum atomic E-state index is -0.251. The van der Waals surface area contributed by atoms with Crippen LogP contribution in [-0.2, 0) is 18.3 Å². The van der Waals surface area contributed by atoms with Crippen molar-refractivity contribution in [3.8, 4) is 0 Å². The Hall–Kier alpha value is -3.36. The lowest BCUT2D eigenvalue weighted by Crippen LogP contribution is -2.55. The monoisotopic (exact) mass is 411 g/mol. The van der Waals surface area contributed by atoms with Crippen molar-refractivity contribution in [3.63, 3.8) is 0 Å². The summed E-state index contributed by atoms with van der Waals surface area (Å²) in [7, 11) is 1.84. The first-order chi connectivity index (χ1) is 14.5. The molecule has 1 aromatic carbocycles. The van der Waals surface area contributed by atoms with Gasteiger partial charge in [0.05, 0.1) is 11.9 Å². The molecule has 158 valence electrons. The fraction of sp³-hybridized carbons (Fsp3) is 0.381. The highest BCUT2D eigenvalue weighted by Gasteiger charge is 2.27. The number of nitrogens with one attached hydrogen (secondary N) is 2. The van der Waals surface area contributed by atoms with Gasteiger partial charge in [-0.25, -0.2) is 4.39 Å². The highest BCUT2D eigenvalue weighted by molar-refractivity contribution is 5.98. The molecule has 2 N–H and O–H groups in total. The molecule has 3 heterocycles. The predicted molar refractivity (Wildman–Crippen MR) is 115 cm³/mol. The van der Waals surface area contributed by atoms with Crippen LogP contribution in [0.1, 0.15) is 12.5 Å². The third-order valence-electron chi connectivity index (χ3n) is 5.23. The molecule has 0 saturated carbocycles. The summed E-state index contributed by atoms with van der Waals surface area (Å²) in [5.74, 6) is 0.513. The normalized spacial score (nSPS) is 15.3. The SMILES string of the molecule is CCNC(=NCCc1c[nH]c2cc(F)ccc12)N1CCN(c2cnn(C)c2)C(=O)C1. The molecule has 0 aliphatic carbocycles. The van der Waals surface area contributed by atoms with Gasteiger partial charge in [-0.05, 0) is 37.1 Å². The van der Waals surface area contributed by atoms with E-state index in [4.69, 9.17) is 4.99 Å². The van der Waals surface area contributed by atoms with Crippen molar-refractivity contribution in [1.82, 2.24) is 25.0 Å². The highest BCUT2D eigenvalue weighted by Crippen LogP contribution is 2.20. The van der Waals surface area contributed by atoms with Gasteiger partial charge in [0.1, 0.15) is 12.4 Å². The molecule has 1 saturated heterocycles. The number of aromatic amines is 1. The standard InChI is InChI=1S/C21H26FN7O/c1-3-23-21(24-7-6-15-11-25-19-10-16(22)4-5-18(15)19)28-8-9-29(20(30)14-28)17-12-26-27(2)13-17/h4-5,10-13,25H,3,6-9,14H2,1-2H3,(H,23,24). The minimum absolute atomic E-state index is 0.0264. The molecular weight excluding hydrogens is 385 g/mol. The van der Waals surface area contributed by atoms with Gasteiger partial charge >= 0.3 is 0 Å². The summed E-state index contributed by atoms with van der Waals surface area (Å²) in [6.45, 7) is 4.86. The molecule has 3 aromatic rings. The van der Waals surface area contributed by atoms with E-state index < -0.39 is 0 Å². The van der Waals surface area contributed by atoms with E-state index in [1.165, 1.54) is 12.1 Å². The maximum atomic E-state index is 13.4. The first kappa shape index (κ1) is 19.9. The Balaban J connectivity index is 1.41. The molecule has 2 aromatic heterocycles. The molecule has 9 heteroatoms. The maximum Gasteiger partial charge on any atom is 0.246 e. The quantitative estimate of drug-likeness (QED) is 0.496. The van der Waals surface area contributed by atoms with Crippen molar-refractivity contribution in [3.05, 3.63) is 48.2 Å². The molecule has 1 aliphatic heterocycles. The zero-order chi connectivity index (χ0) is 21.1. The summed E-state index contributed by atoms with van der Waals surface area (Å²) < 4.78 is 15.1. The topological polar surface area (TPSA) is 81.6 Å². The second-order valence-electron chi connectivity index (χ2n) is 7.33. The number of hydrogen-bond acceptors (Lipinski definition) is 3. The van der Waals surface area contributed by atoms with Gasteiger partial charge in [0.15, 0.2) is 5.96 Å². The Bertz CT molecular complexity index is 1070. The van der Waals surface area contributed by atoms with Gasteiger partial charge in [-0.15, -0.1) is 0 Å². The van der Waals surface area contributed by atoms with Crippen LogP contribution in [0.2, 0.25) is 0 Å². The number of aromatic nitrogens is 3. The number of rotatable bonds is 5. The first-order valence-electron chi connectivity index (χ1n) is 10.1. The van der Waals surface area contributed by atoms with Crippen LogP contribution in [0.3, 0.4) is 0 Å². The van der Waals surface area contributed by atoms with Crippen LogP contribution >= 0.6 is 0 Å². The number of anilines is 1. The van der Waals surface area contributed by atoms with Crippen LogP contribution in [0.15, 0.2) is 41.8 Å². The van der Waals surface area contributed by atoms with Crippen molar-refractivity contribution >= 4 is 28.5 Å². The average molecular weight is 411 g/mol. The first-order valence-corrected chi connectivity index (χ1v) is 10.1. The number of carbonyl (C=O) groups is 1. The molecule has 1 amide bonds. The molecule has 8 nitrogen and oxygen atoms in total. The zero-order valence-corrected chi connectivity index (χ0v) is 17.2. The molecule has 1 fully saturated rings. The van der Waals surface area contributed by atoms with Crippen molar-refractivity contribution < 1.29 is 9.18 Å². The van der Waals surface area contributed by atoms with E-state index in [0.29, 0.717) is 19.6 Å². The van der Waals surface area contributed by atoms with Crippen molar-refractivity contribution in [1.29, 1.82) is 0 Å². The lowest BCUT2D eigenvalue weighted by atomic mass is 10.1. The molecular formula is C21H26FN7O. The number of H-pyrrole nitrogens is 1. The van der Waals surface area contributed by atoms with E-state index in [1.807, 2.05) is 31.3 Å². The van der Waals surface area contributed by atoms with Gasteiger partial charge in [0, 0.05) is 56.5 Å². The van der Waals surface area contributed by atoms with E-state index in [2.05, 4.69) is 15.4 Å². The van der Waals surface area contributed by atoms with Crippen LogP contribution < -0.4 is 10.2 Å². The summed E-state index contributed by atoms with van der Waals surface area (Å²) in [5, 5.41) is 8.45. The Kier molecular flexibility index (Phi) is 5.69. The molecule has 4 rings (SSSR count). The zero-order valence-electron chi connectivity index (χ0n) is 17.2. The summed E-state index contributed by atoms with van der Waals surface area (Å²) in [5.41, 5.74) is 2.71. The van der Waals surface area contributed by atoms with Gasteiger partial charge < -0.3 is 20.1 Å². The molecule has 1 aliphatic rings. The number of carbonyl (C=O) groups excluding carboxylic acids is 1. The summed E-state index contributed by atoms with van der Waals surface area (Å²) in [6.07, 6.45) is 6.19. The third kappa shape index (κ3) is 4.14. The van der Waals surface area contributed by atoms with Crippen molar-refractivity contribution in [2.75, 3.05) is 37.6 Å². The van der Waals surface area contributed by atoms with Crippen molar-refractivity contribution in [2.45, 2.75) is 13.3 Å². The smallest absolute Gasteiger partial charge is 0.246 e. The second-order valence-corrected chi connectivity index (χ2v) is 7.33. The van der Waals surface area contributed by atoms with Crippen LogP contribution in [0, 0.1) is 5.82 Å². The van der Waals surface area contributed by atoms with Gasteiger partial charge in [-0.3, -0.25) is 14.5 Å². The van der Waals surface area contributed by atoms with E-state index in [9.17, 15) is 9.18 Å². The fourth-order valence-electron chi connectivity index (χ4n) is 3.75. The number of nitrogens with zero attached hydrogens (tertiary/aromatic N) is 5. The molecule has 0 unspecified atom stereocenters. The fourth-order valence-corrected chi connectivity index (χ4v) is 3.75. The Morgan fingerprint density at radius 2 is 2.23 bits per heavy atom. The maximum absolute atomic E-state index is 13.4. The molecule has 0 spiro atoms. The molecule has 0 atom stereocenters. The third-order valence-corrected chi connectivity index (χ3v) is 5.23. The molecule has 0 bridgehead atoms. The molecule has 0 radical (unpaired) electrons. The van der Waals surface area contributed by atoms with E-state index in [1.54, 1.807) is 21.8 Å². The van der Waals surface area contributed by atoms with Gasteiger partial charge in [-0.1, -0.05) is 0 Å². The number of amides is 1. The largest absolute Gasteiger partial charge is 0.361 e. The number of guanidine groups is 1. The van der Waals surface area contributed by atoms with Crippen LogP contribution in [-0.4, -0.2) is 64.3 Å². The van der Waals surface area contributed by atoms with Crippen LogP contribution in [0.4, 0.5) is 10.1 Å². The van der Waals surface area contributed by atoms with Crippen LogP contribution in [0.5, 0.6) is 0 Å². The summed E-state index contributed by atoms with van der Waals surface area (Å²) in [6, 6.07) is 4.77. The molecule has 30 heavy (non-hydrogen) atoms. The lowest BCUT2D eigenvalue weighted by Gasteiger charge is -2.35. The van der Waals surface area contributed by atoms with Crippen molar-refractivity contribution in [2.24, 2.45) is 12.0 Å². The van der Waals surface area contributed by atoms with E-state index >= 15 is 0 Å². The second kappa shape index (κ2) is 8.56. The number of piperazine rings is 1. The number of benzene rings is 1. The van der Waals surface area contributed by atoms with Gasteiger partial charge in [0.2, 0.25) is 5.91 Å². The Labute approximate surface area is 174 Å². The Morgan fingerprint density at radius 1 is 1.37 bits per heavy atom. The number of aryl methyl sites for hydroxylation is 1. The van der Waals surface area contributed by atoms with E-state index in [-0.39, 0.29) is 18.3 Å². The van der Waals surface area contributed by atoms with E-state index in [0.717, 1.165) is 41.1 Å². The minimum Gasteiger partial charge on any atom is -0.361 e. The van der Waals surface area contributed by atoms with Gasteiger partial charge in [0.25, 0.3) is 0 Å². The number of hydrogen-bond donors (Lipinski definition) is 2. The summed E-state index contributed by atoms with van der Waals surface area (Å²) >= 11 is 0. The number of fused-ring (bicyclic) bond motifs is 1.